The van der Waals surface area contributed by atoms with E-state index in [0.717, 1.165) is 5.69 Å². The van der Waals surface area contributed by atoms with Gasteiger partial charge in [-0.1, -0.05) is 11.6 Å². The molecule has 0 aliphatic carbocycles. The molecule has 0 radical (unpaired) electrons. The number of anilines is 1. The second-order valence-electron chi connectivity index (χ2n) is 4.71. The van der Waals surface area contributed by atoms with Crippen LogP contribution in [0.1, 0.15) is 5.89 Å². The van der Waals surface area contributed by atoms with Crippen LogP contribution in [-0.4, -0.2) is 17.3 Å². The van der Waals surface area contributed by atoms with Crippen LogP contribution in [0.25, 0.3) is 11.5 Å². The van der Waals surface area contributed by atoms with E-state index >= 15 is 0 Å². The van der Waals surface area contributed by atoms with Gasteiger partial charge in [0.15, 0.2) is 0 Å². The molecule has 23 heavy (non-hydrogen) atoms. The summed E-state index contributed by atoms with van der Waals surface area (Å²) in [4.78, 5) is 0. The Bertz CT molecular complexity index is 805. The molecular weight excluding hydrogens is 321 g/mol. The standard InChI is InChI=1S/C16H13ClFN3O2/c1-22-14-7-4-11(17)8-13(14)19-9-15-20-21-16(23-15)10-2-5-12(18)6-3-10/h2-8,19H,9H2,1H3. The first-order valence-electron chi connectivity index (χ1n) is 6.81. The third-order valence-corrected chi connectivity index (χ3v) is 3.38. The summed E-state index contributed by atoms with van der Waals surface area (Å²) in [6, 6.07) is 11.1. The first-order chi connectivity index (χ1) is 11.2. The number of nitrogens with zero attached hydrogens (tertiary/aromatic N) is 2. The van der Waals surface area contributed by atoms with E-state index in [-0.39, 0.29) is 5.82 Å². The van der Waals surface area contributed by atoms with Crippen LogP contribution < -0.4 is 10.1 Å². The van der Waals surface area contributed by atoms with Crippen LogP contribution in [0.3, 0.4) is 0 Å². The quantitative estimate of drug-likeness (QED) is 0.760. The highest BCUT2D eigenvalue weighted by Crippen LogP contribution is 2.28. The zero-order valence-electron chi connectivity index (χ0n) is 12.2. The molecule has 0 aliphatic rings. The number of aromatic nitrogens is 2. The average Bonchev–Trinajstić information content (AvgIpc) is 3.03. The van der Waals surface area contributed by atoms with Crippen LogP contribution in [0.4, 0.5) is 10.1 Å². The summed E-state index contributed by atoms with van der Waals surface area (Å²) < 4.78 is 23.7. The van der Waals surface area contributed by atoms with Gasteiger partial charge in [0.2, 0.25) is 11.8 Å². The van der Waals surface area contributed by atoms with Crippen molar-refractivity contribution < 1.29 is 13.5 Å². The van der Waals surface area contributed by atoms with Crippen LogP contribution in [0.2, 0.25) is 5.02 Å². The third-order valence-electron chi connectivity index (χ3n) is 3.15. The molecule has 1 aromatic heterocycles. The van der Waals surface area contributed by atoms with Gasteiger partial charge in [-0.05, 0) is 42.5 Å². The molecule has 1 N–H and O–H groups in total. The highest BCUT2D eigenvalue weighted by Gasteiger charge is 2.10. The van der Waals surface area contributed by atoms with Crippen LogP contribution in [0, 0.1) is 5.82 Å². The van der Waals surface area contributed by atoms with Crippen LogP contribution in [0.5, 0.6) is 5.75 Å². The Hall–Kier alpha value is -2.60. The van der Waals surface area contributed by atoms with Gasteiger partial charge in [-0.15, -0.1) is 10.2 Å². The smallest absolute Gasteiger partial charge is 0.247 e. The molecular formula is C16H13ClFN3O2. The van der Waals surface area contributed by atoms with E-state index in [4.69, 9.17) is 20.8 Å². The summed E-state index contributed by atoms with van der Waals surface area (Å²) >= 11 is 5.97. The second kappa shape index (κ2) is 6.66. The molecule has 0 aliphatic heterocycles. The molecule has 0 bridgehead atoms. The normalized spacial score (nSPS) is 10.6. The predicted molar refractivity (Wildman–Crippen MR) is 85.0 cm³/mol. The van der Waals surface area contributed by atoms with E-state index < -0.39 is 0 Å². The zero-order chi connectivity index (χ0) is 16.2. The minimum Gasteiger partial charge on any atom is -0.495 e. The molecule has 7 heteroatoms. The molecule has 1 heterocycles. The molecule has 0 unspecified atom stereocenters. The van der Waals surface area contributed by atoms with Gasteiger partial charge in [-0.2, -0.15) is 0 Å². The van der Waals surface area contributed by atoms with Gasteiger partial charge in [0, 0.05) is 10.6 Å². The number of methoxy groups -OCH3 is 1. The van der Waals surface area contributed by atoms with Gasteiger partial charge in [0.05, 0.1) is 19.3 Å². The summed E-state index contributed by atoms with van der Waals surface area (Å²) in [6.45, 7) is 0.310. The van der Waals surface area contributed by atoms with E-state index in [1.165, 1.54) is 12.1 Å². The number of hydrogen-bond acceptors (Lipinski definition) is 5. The van der Waals surface area contributed by atoms with Crippen molar-refractivity contribution >= 4 is 17.3 Å². The molecule has 0 saturated heterocycles. The van der Waals surface area contributed by atoms with Gasteiger partial charge >= 0.3 is 0 Å². The number of halogens is 2. The molecule has 0 atom stereocenters. The largest absolute Gasteiger partial charge is 0.495 e. The lowest BCUT2D eigenvalue weighted by Gasteiger charge is -2.09. The molecule has 5 nitrogen and oxygen atoms in total. The fourth-order valence-corrected chi connectivity index (χ4v) is 2.20. The Kier molecular flexibility index (Phi) is 4.43. The lowest BCUT2D eigenvalue weighted by Crippen LogP contribution is -2.01. The number of hydrogen-bond donors (Lipinski definition) is 1. The van der Waals surface area contributed by atoms with Crippen molar-refractivity contribution in [1.82, 2.24) is 10.2 Å². The molecule has 118 valence electrons. The van der Waals surface area contributed by atoms with E-state index in [1.807, 2.05) is 0 Å². The summed E-state index contributed by atoms with van der Waals surface area (Å²) in [5.41, 5.74) is 1.38. The molecule has 3 aromatic rings. The maximum Gasteiger partial charge on any atom is 0.247 e. The monoisotopic (exact) mass is 333 g/mol. The van der Waals surface area contributed by atoms with Gasteiger partial charge in [0.25, 0.3) is 0 Å². The Labute approximate surface area is 137 Å². The number of nitrogens with one attached hydrogen (secondary N) is 1. The highest BCUT2D eigenvalue weighted by molar-refractivity contribution is 6.30. The number of benzene rings is 2. The van der Waals surface area contributed by atoms with Crippen molar-refractivity contribution in [2.24, 2.45) is 0 Å². The molecule has 0 fully saturated rings. The summed E-state index contributed by atoms with van der Waals surface area (Å²) in [7, 11) is 1.58. The Morgan fingerprint density at radius 2 is 1.96 bits per heavy atom. The van der Waals surface area contributed by atoms with Crippen molar-refractivity contribution in [1.29, 1.82) is 0 Å². The average molecular weight is 334 g/mol. The van der Waals surface area contributed by atoms with Crippen molar-refractivity contribution in [3.05, 3.63) is 59.2 Å². The number of ether oxygens (including phenoxy) is 1. The molecule has 3 rings (SSSR count). The number of rotatable bonds is 5. The van der Waals surface area contributed by atoms with E-state index in [1.54, 1.807) is 37.4 Å². The third kappa shape index (κ3) is 3.60. The maximum atomic E-state index is 12.9. The second-order valence-corrected chi connectivity index (χ2v) is 5.14. The van der Waals surface area contributed by atoms with Gasteiger partial charge in [-0.25, -0.2) is 4.39 Å². The van der Waals surface area contributed by atoms with Crippen LogP contribution in [0.15, 0.2) is 46.9 Å². The molecule has 2 aromatic carbocycles. The maximum absolute atomic E-state index is 12.9. The predicted octanol–water partition coefficient (Wildman–Crippen LogP) is 4.15. The van der Waals surface area contributed by atoms with Crippen LogP contribution >= 0.6 is 11.6 Å². The highest BCUT2D eigenvalue weighted by atomic mass is 35.5. The SMILES string of the molecule is COc1ccc(Cl)cc1NCc1nnc(-c2ccc(F)cc2)o1. The lowest BCUT2D eigenvalue weighted by molar-refractivity contribution is 0.416. The van der Waals surface area contributed by atoms with Crippen molar-refractivity contribution in [2.45, 2.75) is 6.54 Å². The van der Waals surface area contributed by atoms with E-state index in [9.17, 15) is 4.39 Å². The fraction of sp³-hybridized carbons (Fsp3) is 0.125. The fourth-order valence-electron chi connectivity index (χ4n) is 2.02. The molecule has 0 saturated carbocycles. The summed E-state index contributed by atoms with van der Waals surface area (Å²) in [5, 5.41) is 11.6. The molecule has 0 spiro atoms. The van der Waals surface area contributed by atoms with E-state index in [2.05, 4.69) is 15.5 Å². The first-order valence-corrected chi connectivity index (χ1v) is 7.19. The lowest BCUT2D eigenvalue weighted by atomic mass is 10.2. The Morgan fingerprint density at radius 3 is 2.70 bits per heavy atom. The van der Waals surface area contributed by atoms with Gasteiger partial charge in [0.1, 0.15) is 11.6 Å². The minimum atomic E-state index is -0.316. The summed E-state index contributed by atoms with van der Waals surface area (Å²) in [5.74, 6) is 1.07. The van der Waals surface area contributed by atoms with Gasteiger partial charge in [-0.3, -0.25) is 0 Å². The first kappa shape index (κ1) is 15.3. The Morgan fingerprint density at radius 1 is 1.17 bits per heavy atom. The van der Waals surface area contributed by atoms with Crippen LogP contribution in [-0.2, 0) is 6.54 Å². The van der Waals surface area contributed by atoms with Crippen molar-refractivity contribution in [2.75, 3.05) is 12.4 Å². The minimum absolute atomic E-state index is 0.310. The Balaban J connectivity index is 1.72. The van der Waals surface area contributed by atoms with E-state index in [0.29, 0.717) is 34.7 Å². The topological polar surface area (TPSA) is 60.2 Å². The van der Waals surface area contributed by atoms with Crippen molar-refractivity contribution in [3.8, 4) is 17.2 Å². The molecule has 0 amide bonds. The van der Waals surface area contributed by atoms with Gasteiger partial charge < -0.3 is 14.5 Å². The van der Waals surface area contributed by atoms with Crippen molar-refractivity contribution in [3.63, 3.8) is 0 Å². The zero-order valence-corrected chi connectivity index (χ0v) is 13.0. The summed E-state index contributed by atoms with van der Waals surface area (Å²) in [6.07, 6.45) is 0.